The number of rotatable bonds is 5. The SMILES string of the molecule is CCCc1nc(N)cc(Nc2ccc(OC)c(Cl)c2)n1. The number of aryl methyl sites for hydroxylation is 1. The molecule has 20 heavy (non-hydrogen) atoms. The van der Waals surface area contributed by atoms with Gasteiger partial charge in [0.2, 0.25) is 0 Å². The molecule has 0 saturated heterocycles. The maximum absolute atomic E-state index is 6.09. The van der Waals surface area contributed by atoms with E-state index in [4.69, 9.17) is 22.1 Å². The van der Waals surface area contributed by atoms with E-state index < -0.39 is 0 Å². The minimum Gasteiger partial charge on any atom is -0.495 e. The highest BCUT2D eigenvalue weighted by molar-refractivity contribution is 6.32. The summed E-state index contributed by atoms with van der Waals surface area (Å²) in [6.45, 7) is 2.07. The fourth-order valence-electron chi connectivity index (χ4n) is 1.81. The van der Waals surface area contributed by atoms with Crippen molar-refractivity contribution < 1.29 is 4.74 Å². The van der Waals surface area contributed by atoms with Gasteiger partial charge in [0.25, 0.3) is 0 Å². The molecule has 2 rings (SSSR count). The molecular formula is C14H17ClN4O. The maximum atomic E-state index is 6.09. The molecule has 0 atom stereocenters. The number of hydrogen-bond acceptors (Lipinski definition) is 5. The summed E-state index contributed by atoms with van der Waals surface area (Å²) in [6.07, 6.45) is 1.76. The summed E-state index contributed by atoms with van der Waals surface area (Å²) >= 11 is 6.09. The van der Waals surface area contributed by atoms with Crippen LogP contribution in [0.25, 0.3) is 0 Å². The van der Waals surface area contributed by atoms with E-state index in [1.54, 1.807) is 25.3 Å². The van der Waals surface area contributed by atoms with Crippen molar-refractivity contribution >= 4 is 28.9 Å². The predicted molar refractivity (Wildman–Crippen MR) is 81.7 cm³/mol. The first-order valence-electron chi connectivity index (χ1n) is 6.36. The molecule has 1 aromatic heterocycles. The van der Waals surface area contributed by atoms with Crippen LogP contribution in [0.4, 0.5) is 17.3 Å². The van der Waals surface area contributed by atoms with E-state index in [9.17, 15) is 0 Å². The van der Waals surface area contributed by atoms with E-state index in [1.807, 2.05) is 6.07 Å². The fourth-order valence-corrected chi connectivity index (χ4v) is 2.07. The molecule has 0 aliphatic rings. The first-order chi connectivity index (χ1) is 9.62. The van der Waals surface area contributed by atoms with E-state index >= 15 is 0 Å². The fraction of sp³-hybridized carbons (Fsp3) is 0.286. The maximum Gasteiger partial charge on any atom is 0.137 e. The summed E-state index contributed by atoms with van der Waals surface area (Å²) in [5, 5.41) is 3.70. The minimum absolute atomic E-state index is 0.450. The van der Waals surface area contributed by atoms with Gasteiger partial charge in [0.15, 0.2) is 0 Å². The van der Waals surface area contributed by atoms with Crippen molar-refractivity contribution in [2.75, 3.05) is 18.2 Å². The van der Waals surface area contributed by atoms with Crippen LogP contribution in [0.2, 0.25) is 5.02 Å². The van der Waals surface area contributed by atoms with Gasteiger partial charge >= 0.3 is 0 Å². The number of nitrogens with two attached hydrogens (primary N) is 1. The van der Waals surface area contributed by atoms with Crippen molar-refractivity contribution in [2.24, 2.45) is 0 Å². The van der Waals surface area contributed by atoms with Gasteiger partial charge < -0.3 is 15.8 Å². The molecule has 0 saturated carbocycles. The molecule has 0 aliphatic carbocycles. The number of nitrogens with one attached hydrogen (secondary N) is 1. The number of ether oxygens (including phenoxy) is 1. The number of methoxy groups -OCH3 is 1. The van der Waals surface area contributed by atoms with E-state index in [2.05, 4.69) is 22.2 Å². The van der Waals surface area contributed by atoms with Crippen LogP contribution in [0.15, 0.2) is 24.3 Å². The average molecular weight is 293 g/mol. The quantitative estimate of drug-likeness (QED) is 0.883. The van der Waals surface area contributed by atoms with Gasteiger partial charge in [0.05, 0.1) is 12.1 Å². The molecule has 0 spiro atoms. The molecule has 2 aromatic rings. The van der Waals surface area contributed by atoms with Crippen molar-refractivity contribution in [2.45, 2.75) is 19.8 Å². The number of benzene rings is 1. The molecule has 0 fully saturated rings. The Morgan fingerprint density at radius 2 is 2.10 bits per heavy atom. The normalized spacial score (nSPS) is 10.3. The Morgan fingerprint density at radius 3 is 2.75 bits per heavy atom. The van der Waals surface area contributed by atoms with Crippen LogP contribution in [-0.2, 0) is 6.42 Å². The number of nitrogens with zero attached hydrogens (tertiary/aromatic N) is 2. The number of hydrogen-bond donors (Lipinski definition) is 2. The number of anilines is 3. The molecule has 106 valence electrons. The first kappa shape index (κ1) is 14.4. The van der Waals surface area contributed by atoms with Crippen LogP contribution in [0.1, 0.15) is 19.2 Å². The van der Waals surface area contributed by atoms with E-state index in [-0.39, 0.29) is 0 Å². The summed E-state index contributed by atoms with van der Waals surface area (Å²) in [7, 11) is 1.58. The van der Waals surface area contributed by atoms with E-state index in [0.29, 0.717) is 22.4 Å². The largest absolute Gasteiger partial charge is 0.495 e. The second-order valence-corrected chi connectivity index (χ2v) is 4.73. The Morgan fingerprint density at radius 1 is 1.30 bits per heavy atom. The lowest BCUT2D eigenvalue weighted by atomic mass is 10.3. The number of aromatic nitrogens is 2. The molecule has 1 heterocycles. The summed E-state index contributed by atoms with van der Waals surface area (Å²) < 4.78 is 5.11. The van der Waals surface area contributed by atoms with Crippen LogP contribution >= 0.6 is 11.6 Å². The van der Waals surface area contributed by atoms with Gasteiger partial charge in [-0.05, 0) is 24.6 Å². The Bertz CT molecular complexity index is 604. The lowest BCUT2D eigenvalue weighted by molar-refractivity contribution is 0.415. The second kappa shape index (κ2) is 6.43. The summed E-state index contributed by atoms with van der Waals surface area (Å²) in [4.78, 5) is 8.61. The molecule has 3 N–H and O–H groups in total. The first-order valence-corrected chi connectivity index (χ1v) is 6.74. The molecule has 0 aliphatic heterocycles. The zero-order valence-electron chi connectivity index (χ0n) is 11.5. The Balaban J connectivity index is 2.23. The van der Waals surface area contributed by atoms with E-state index in [1.165, 1.54) is 0 Å². The van der Waals surface area contributed by atoms with Gasteiger partial charge in [-0.3, -0.25) is 0 Å². The van der Waals surface area contributed by atoms with Crippen LogP contribution in [0.3, 0.4) is 0 Å². The molecule has 1 aromatic carbocycles. The highest BCUT2D eigenvalue weighted by atomic mass is 35.5. The van der Waals surface area contributed by atoms with Gasteiger partial charge in [-0.2, -0.15) is 0 Å². The summed E-state index contributed by atoms with van der Waals surface area (Å²) in [6, 6.07) is 7.13. The highest BCUT2D eigenvalue weighted by Crippen LogP contribution is 2.28. The van der Waals surface area contributed by atoms with Crippen molar-refractivity contribution in [1.29, 1.82) is 0 Å². The topological polar surface area (TPSA) is 73.1 Å². The molecule has 6 heteroatoms. The van der Waals surface area contributed by atoms with Crippen LogP contribution in [0, 0.1) is 0 Å². The zero-order chi connectivity index (χ0) is 14.5. The third-order valence-electron chi connectivity index (χ3n) is 2.69. The predicted octanol–water partition coefficient (Wildman–Crippen LogP) is 3.42. The van der Waals surface area contributed by atoms with Crippen molar-refractivity contribution in [3.63, 3.8) is 0 Å². The second-order valence-electron chi connectivity index (χ2n) is 4.32. The zero-order valence-corrected chi connectivity index (χ0v) is 12.2. The van der Waals surface area contributed by atoms with Crippen molar-refractivity contribution in [3.05, 3.63) is 35.1 Å². The standard InChI is InChI=1S/C14H17ClN4O/c1-3-4-13-18-12(16)8-14(19-13)17-9-5-6-11(20-2)10(15)7-9/h5-8H,3-4H2,1-2H3,(H3,16,17,18,19). The van der Waals surface area contributed by atoms with Crippen molar-refractivity contribution in [3.8, 4) is 5.75 Å². The third-order valence-corrected chi connectivity index (χ3v) is 2.99. The smallest absolute Gasteiger partial charge is 0.137 e. The summed E-state index contributed by atoms with van der Waals surface area (Å²) in [5.41, 5.74) is 6.60. The van der Waals surface area contributed by atoms with Crippen LogP contribution < -0.4 is 15.8 Å². The Kier molecular flexibility index (Phi) is 4.63. The number of nitrogen functional groups attached to an aromatic ring is 1. The Hall–Kier alpha value is -2.01. The van der Waals surface area contributed by atoms with Gasteiger partial charge in [0, 0.05) is 18.2 Å². The molecule has 0 radical (unpaired) electrons. The van der Waals surface area contributed by atoms with Gasteiger partial charge in [0.1, 0.15) is 23.2 Å². The van der Waals surface area contributed by atoms with E-state index in [0.717, 1.165) is 24.4 Å². The monoisotopic (exact) mass is 292 g/mol. The Labute approximate surface area is 123 Å². The lowest BCUT2D eigenvalue weighted by Crippen LogP contribution is -2.03. The van der Waals surface area contributed by atoms with Gasteiger partial charge in [-0.1, -0.05) is 18.5 Å². The van der Waals surface area contributed by atoms with Crippen molar-refractivity contribution in [1.82, 2.24) is 9.97 Å². The third kappa shape index (κ3) is 3.51. The molecule has 0 bridgehead atoms. The molecular weight excluding hydrogens is 276 g/mol. The molecule has 5 nitrogen and oxygen atoms in total. The van der Waals surface area contributed by atoms with Gasteiger partial charge in [-0.25, -0.2) is 9.97 Å². The van der Waals surface area contributed by atoms with Crippen LogP contribution in [0.5, 0.6) is 5.75 Å². The number of halogens is 1. The molecule has 0 unspecified atom stereocenters. The minimum atomic E-state index is 0.450. The molecule has 0 amide bonds. The van der Waals surface area contributed by atoms with Gasteiger partial charge in [-0.15, -0.1) is 0 Å². The summed E-state index contributed by atoms with van der Waals surface area (Å²) in [5.74, 6) is 2.47. The highest BCUT2D eigenvalue weighted by Gasteiger charge is 2.05. The van der Waals surface area contributed by atoms with Crippen LogP contribution in [-0.4, -0.2) is 17.1 Å². The average Bonchev–Trinajstić information content (AvgIpc) is 2.38. The lowest BCUT2D eigenvalue weighted by Gasteiger charge is -2.10.